The number of nitrogens with zero attached hydrogens (tertiary/aromatic N) is 2. The van der Waals surface area contributed by atoms with E-state index in [-0.39, 0.29) is 17.5 Å². The quantitative estimate of drug-likeness (QED) is 0.514. The molecule has 0 atom stereocenters. The van der Waals surface area contributed by atoms with Gasteiger partial charge < -0.3 is 14.1 Å². The van der Waals surface area contributed by atoms with Crippen molar-refractivity contribution in [3.63, 3.8) is 0 Å². The number of terminal acetylenes is 1. The number of rotatable bonds is 5. The van der Waals surface area contributed by atoms with Crippen molar-refractivity contribution >= 4 is 45.9 Å². The Bertz CT molecular complexity index is 1230. The lowest BCUT2D eigenvalue weighted by Gasteiger charge is -2.06. The van der Waals surface area contributed by atoms with Gasteiger partial charge in [-0.25, -0.2) is 4.79 Å². The zero-order chi connectivity index (χ0) is 20.5. The van der Waals surface area contributed by atoms with Crippen LogP contribution in [0.3, 0.4) is 0 Å². The first-order chi connectivity index (χ1) is 14.0. The van der Waals surface area contributed by atoms with E-state index in [1.165, 1.54) is 6.07 Å². The van der Waals surface area contributed by atoms with Gasteiger partial charge in [0.1, 0.15) is 5.76 Å². The second kappa shape index (κ2) is 7.37. The summed E-state index contributed by atoms with van der Waals surface area (Å²) in [5.74, 6) is 1.14. The van der Waals surface area contributed by atoms with Crippen LogP contribution in [0.15, 0.2) is 51.9 Å². The maximum absolute atomic E-state index is 12.5. The molecule has 0 spiro atoms. The number of aromatic nitrogens is 1. The summed E-state index contributed by atoms with van der Waals surface area (Å²) in [6.07, 6.45) is 8.74. The van der Waals surface area contributed by atoms with E-state index >= 15 is 0 Å². The predicted octanol–water partition coefficient (Wildman–Crippen LogP) is 3.65. The van der Waals surface area contributed by atoms with Gasteiger partial charge in [-0.05, 0) is 36.0 Å². The van der Waals surface area contributed by atoms with E-state index in [2.05, 4.69) is 5.92 Å². The topological polar surface area (TPSA) is 92.8 Å². The van der Waals surface area contributed by atoms with Crippen LogP contribution in [-0.4, -0.2) is 38.2 Å². The minimum absolute atomic E-state index is 0.0613. The van der Waals surface area contributed by atoms with Gasteiger partial charge in [0.15, 0.2) is 0 Å². The van der Waals surface area contributed by atoms with Crippen LogP contribution in [0.4, 0.5) is 4.79 Å². The van der Waals surface area contributed by atoms with Gasteiger partial charge in [0.05, 0.1) is 18.0 Å². The van der Waals surface area contributed by atoms with E-state index in [9.17, 15) is 14.4 Å². The van der Waals surface area contributed by atoms with Crippen molar-refractivity contribution in [2.24, 2.45) is 0 Å². The van der Waals surface area contributed by atoms with E-state index in [1.807, 2.05) is 35.0 Å². The smallest absolute Gasteiger partial charge is 0.371 e. The second-order valence-electron chi connectivity index (χ2n) is 6.27. The number of benzene rings is 1. The molecule has 1 aromatic carbocycles. The number of amides is 2. The molecule has 0 aliphatic carbocycles. The van der Waals surface area contributed by atoms with E-state index in [0.29, 0.717) is 17.2 Å². The molecule has 1 aliphatic rings. The van der Waals surface area contributed by atoms with Gasteiger partial charge in [-0.2, -0.15) is 0 Å². The number of carbonyl (C=O) groups is 3. The maximum atomic E-state index is 12.5. The molecule has 144 valence electrons. The van der Waals surface area contributed by atoms with Crippen molar-refractivity contribution in [3.05, 3.63) is 64.6 Å². The van der Waals surface area contributed by atoms with E-state index in [1.54, 1.807) is 12.1 Å². The lowest BCUT2D eigenvalue weighted by molar-refractivity contribution is -0.122. The fourth-order valence-electron chi connectivity index (χ4n) is 3.14. The molecular weight excluding hydrogens is 392 g/mol. The summed E-state index contributed by atoms with van der Waals surface area (Å²) in [6, 6.07) is 10.6. The van der Waals surface area contributed by atoms with Gasteiger partial charge in [-0.15, -0.1) is 6.42 Å². The Hall–Kier alpha value is -3.70. The molecule has 0 bridgehead atoms. The molecule has 7 nitrogen and oxygen atoms in total. The summed E-state index contributed by atoms with van der Waals surface area (Å²) in [7, 11) is 0. The third-order valence-electron chi connectivity index (χ3n) is 4.43. The fourth-order valence-corrected chi connectivity index (χ4v) is 3.96. The van der Waals surface area contributed by atoms with Crippen LogP contribution < -0.4 is 0 Å². The molecule has 3 heterocycles. The number of imide groups is 1. The third kappa shape index (κ3) is 3.44. The van der Waals surface area contributed by atoms with E-state index in [0.717, 1.165) is 33.1 Å². The molecule has 1 saturated heterocycles. The number of hydrogen-bond donors (Lipinski definition) is 1. The van der Waals surface area contributed by atoms with Crippen molar-refractivity contribution < 1.29 is 23.9 Å². The highest BCUT2D eigenvalue weighted by atomic mass is 32.2. The number of hydrogen-bond acceptors (Lipinski definition) is 5. The van der Waals surface area contributed by atoms with E-state index < -0.39 is 11.9 Å². The van der Waals surface area contributed by atoms with Crippen LogP contribution in [0.25, 0.3) is 17.0 Å². The molecule has 3 aromatic rings. The highest BCUT2D eigenvalue weighted by Crippen LogP contribution is 2.34. The van der Waals surface area contributed by atoms with Crippen molar-refractivity contribution in [3.8, 4) is 12.3 Å². The molecule has 2 aromatic heterocycles. The summed E-state index contributed by atoms with van der Waals surface area (Å²) in [5.41, 5.74) is 1.65. The summed E-state index contributed by atoms with van der Waals surface area (Å²) in [5, 5.41) is 9.52. The molecule has 29 heavy (non-hydrogen) atoms. The van der Waals surface area contributed by atoms with Crippen LogP contribution in [0, 0.1) is 12.3 Å². The largest absolute Gasteiger partial charge is 0.475 e. The predicted molar refractivity (Wildman–Crippen MR) is 108 cm³/mol. The molecule has 4 rings (SSSR count). The summed E-state index contributed by atoms with van der Waals surface area (Å²) in [4.78, 5) is 36.8. The SMILES string of the molecule is C#CCN1C(=O)S/C(=C\c2cn(Cc3ccc(C(=O)O)o3)c3ccccc23)C1=O. The van der Waals surface area contributed by atoms with Crippen molar-refractivity contribution in [1.29, 1.82) is 0 Å². The van der Waals surface area contributed by atoms with Crippen LogP contribution in [-0.2, 0) is 11.3 Å². The van der Waals surface area contributed by atoms with Gasteiger partial charge in [0.2, 0.25) is 5.76 Å². The van der Waals surface area contributed by atoms with Gasteiger partial charge in [-0.3, -0.25) is 14.5 Å². The summed E-state index contributed by atoms with van der Waals surface area (Å²) in [6.45, 7) is 0.258. The first kappa shape index (κ1) is 18.7. The number of carbonyl (C=O) groups excluding carboxylic acids is 2. The summed E-state index contributed by atoms with van der Waals surface area (Å²) < 4.78 is 7.25. The number of para-hydroxylation sites is 1. The molecule has 8 heteroatoms. The number of carboxylic acid groups (broad SMARTS) is 1. The highest BCUT2D eigenvalue weighted by Gasteiger charge is 2.34. The molecule has 0 saturated carbocycles. The lowest BCUT2D eigenvalue weighted by Crippen LogP contribution is -2.28. The molecule has 2 amide bonds. The maximum Gasteiger partial charge on any atom is 0.371 e. The molecule has 1 aliphatic heterocycles. The average molecular weight is 406 g/mol. The number of fused-ring (bicyclic) bond motifs is 1. The average Bonchev–Trinajstić information content (AvgIpc) is 3.37. The van der Waals surface area contributed by atoms with Gasteiger partial charge in [0.25, 0.3) is 11.1 Å². The molecule has 1 N–H and O–H groups in total. The Labute approximate surface area is 169 Å². The number of aromatic carboxylic acids is 1. The standard InChI is InChI=1S/C21H14N2O5S/c1-2-9-23-19(24)18(29-21(23)27)10-13-11-22(16-6-4-3-5-15(13)16)12-14-7-8-17(28-14)20(25)26/h1,3-8,10-11H,9,12H2,(H,25,26)/b18-10-. The summed E-state index contributed by atoms with van der Waals surface area (Å²) >= 11 is 0.855. The third-order valence-corrected chi connectivity index (χ3v) is 5.34. The normalized spacial score (nSPS) is 15.4. The monoisotopic (exact) mass is 406 g/mol. The molecule has 1 fully saturated rings. The van der Waals surface area contributed by atoms with Crippen LogP contribution in [0.2, 0.25) is 0 Å². The van der Waals surface area contributed by atoms with Gasteiger partial charge >= 0.3 is 5.97 Å². The van der Waals surface area contributed by atoms with Crippen molar-refractivity contribution in [2.75, 3.05) is 6.54 Å². The number of thioether (sulfide) groups is 1. The Morgan fingerprint density at radius 3 is 2.76 bits per heavy atom. The Balaban J connectivity index is 1.71. The molecule has 0 unspecified atom stereocenters. The minimum Gasteiger partial charge on any atom is -0.475 e. The fraction of sp³-hybridized carbons (Fsp3) is 0.0952. The minimum atomic E-state index is -1.13. The zero-order valence-corrected chi connectivity index (χ0v) is 15.8. The Morgan fingerprint density at radius 1 is 1.24 bits per heavy atom. The van der Waals surface area contributed by atoms with E-state index in [4.69, 9.17) is 15.9 Å². The Kier molecular flexibility index (Phi) is 4.74. The first-order valence-corrected chi connectivity index (χ1v) is 9.38. The van der Waals surface area contributed by atoms with Crippen LogP contribution in [0.5, 0.6) is 0 Å². The van der Waals surface area contributed by atoms with Gasteiger partial charge in [0, 0.05) is 22.7 Å². The van der Waals surface area contributed by atoms with Crippen molar-refractivity contribution in [2.45, 2.75) is 6.54 Å². The number of carboxylic acids is 1. The lowest BCUT2D eigenvalue weighted by atomic mass is 10.1. The van der Waals surface area contributed by atoms with Crippen LogP contribution in [0.1, 0.15) is 21.9 Å². The second-order valence-corrected chi connectivity index (χ2v) is 7.27. The highest BCUT2D eigenvalue weighted by molar-refractivity contribution is 8.18. The van der Waals surface area contributed by atoms with Crippen molar-refractivity contribution in [1.82, 2.24) is 9.47 Å². The number of furan rings is 1. The Morgan fingerprint density at radius 2 is 2.03 bits per heavy atom. The van der Waals surface area contributed by atoms with Gasteiger partial charge in [-0.1, -0.05) is 24.1 Å². The zero-order valence-electron chi connectivity index (χ0n) is 15.0. The van der Waals surface area contributed by atoms with Crippen LogP contribution >= 0.6 is 11.8 Å². The molecular formula is C21H14N2O5S. The molecule has 0 radical (unpaired) electrons. The first-order valence-electron chi connectivity index (χ1n) is 8.56.